The van der Waals surface area contributed by atoms with Gasteiger partial charge in [-0.25, -0.2) is 4.39 Å². The van der Waals surface area contributed by atoms with Gasteiger partial charge in [-0.05, 0) is 24.1 Å². The fraction of sp³-hybridized carbons (Fsp3) is 0.300. The van der Waals surface area contributed by atoms with Gasteiger partial charge >= 0.3 is 0 Å². The third kappa shape index (κ3) is 1.43. The standard InChI is InChI=1S/C10H12FN3/c11-8-3-1-7(2-4-8)9-5-6-14(9)10(12)13/h1-4,9H,5-6H2,(H3,12,13). The summed E-state index contributed by atoms with van der Waals surface area (Å²) in [6.45, 7) is 0.817. The lowest BCUT2D eigenvalue weighted by Crippen LogP contribution is -2.48. The minimum atomic E-state index is -0.234. The van der Waals surface area contributed by atoms with Crippen LogP contribution in [0, 0.1) is 11.2 Å². The molecule has 4 heteroatoms. The zero-order valence-electron chi connectivity index (χ0n) is 7.70. The zero-order chi connectivity index (χ0) is 10.1. The Morgan fingerprint density at radius 3 is 2.50 bits per heavy atom. The average Bonchev–Trinajstić information content (AvgIpc) is 2.05. The third-order valence-corrected chi connectivity index (χ3v) is 2.58. The van der Waals surface area contributed by atoms with E-state index in [9.17, 15) is 4.39 Å². The van der Waals surface area contributed by atoms with Crippen LogP contribution in [0.2, 0.25) is 0 Å². The summed E-state index contributed by atoms with van der Waals surface area (Å²) >= 11 is 0. The molecule has 2 rings (SSSR count). The second kappa shape index (κ2) is 3.29. The van der Waals surface area contributed by atoms with E-state index in [1.807, 2.05) is 0 Å². The van der Waals surface area contributed by atoms with E-state index in [2.05, 4.69) is 0 Å². The number of nitrogens with two attached hydrogens (primary N) is 1. The molecule has 1 atom stereocenters. The number of nitrogens with zero attached hydrogens (tertiary/aromatic N) is 1. The van der Waals surface area contributed by atoms with Gasteiger partial charge in [-0.15, -0.1) is 0 Å². The Morgan fingerprint density at radius 1 is 1.43 bits per heavy atom. The van der Waals surface area contributed by atoms with Gasteiger partial charge in [0.15, 0.2) is 5.96 Å². The van der Waals surface area contributed by atoms with E-state index in [1.54, 1.807) is 17.0 Å². The highest BCUT2D eigenvalue weighted by Crippen LogP contribution is 2.32. The van der Waals surface area contributed by atoms with Crippen LogP contribution in [0.25, 0.3) is 0 Å². The molecule has 74 valence electrons. The molecular weight excluding hydrogens is 181 g/mol. The highest BCUT2D eigenvalue weighted by molar-refractivity contribution is 5.76. The zero-order valence-corrected chi connectivity index (χ0v) is 7.70. The number of hydrogen-bond donors (Lipinski definition) is 2. The highest BCUT2D eigenvalue weighted by atomic mass is 19.1. The molecular formula is C10H12FN3. The van der Waals surface area contributed by atoms with Crippen molar-refractivity contribution in [1.82, 2.24) is 4.90 Å². The van der Waals surface area contributed by atoms with Gasteiger partial charge in [0.1, 0.15) is 5.82 Å². The van der Waals surface area contributed by atoms with Crippen LogP contribution in [0.3, 0.4) is 0 Å². The van der Waals surface area contributed by atoms with Crippen molar-refractivity contribution in [3.63, 3.8) is 0 Å². The Morgan fingerprint density at radius 2 is 2.07 bits per heavy atom. The van der Waals surface area contributed by atoms with Crippen molar-refractivity contribution in [2.24, 2.45) is 5.73 Å². The Labute approximate surface area is 81.8 Å². The number of rotatable bonds is 1. The van der Waals surface area contributed by atoms with E-state index >= 15 is 0 Å². The van der Waals surface area contributed by atoms with E-state index in [0.717, 1.165) is 18.5 Å². The second-order valence-corrected chi connectivity index (χ2v) is 3.43. The monoisotopic (exact) mass is 193 g/mol. The van der Waals surface area contributed by atoms with Crippen molar-refractivity contribution < 1.29 is 4.39 Å². The Kier molecular flexibility index (Phi) is 2.11. The van der Waals surface area contributed by atoms with Gasteiger partial charge < -0.3 is 10.6 Å². The van der Waals surface area contributed by atoms with E-state index in [4.69, 9.17) is 11.1 Å². The first-order chi connectivity index (χ1) is 6.68. The molecule has 1 unspecified atom stereocenters. The van der Waals surface area contributed by atoms with E-state index in [1.165, 1.54) is 12.1 Å². The summed E-state index contributed by atoms with van der Waals surface area (Å²) in [4.78, 5) is 1.80. The predicted octanol–water partition coefficient (Wildman–Crippen LogP) is 1.47. The third-order valence-electron chi connectivity index (χ3n) is 2.58. The molecule has 1 aromatic carbocycles. The minimum Gasteiger partial charge on any atom is -0.370 e. The van der Waals surface area contributed by atoms with Gasteiger partial charge in [0.2, 0.25) is 0 Å². The lowest BCUT2D eigenvalue weighted by atomic mass is 9.95. The van der Waals surface area contributed by atoms with Crippen molar-refractivity contribution in [2.45, 2.75) is 12.5 Å². The molecule has 0 amide bonds. The number of likely N-dealkylation sites (tertiary alicyclic amines) is 1. The number of guanidine groups is 1. The predicted molar refractivity (Wildman–Crippen MR) is 52.4 cm³/mol. The van der Waals surface area contributed by atoms with Gasteiger partial charge in [-0.1, -0.05) is 12.1 Å². The maximum absolute atomic E-state index is 12.6. The topological polar surface area (TPSA) is 53.1 Å². The number of halogens is 1. The van der Waals surface area contributed by atoms with Crippen LogP contribution in [0.15, 0.2) is 24.3 Å². The maximum atomic E-state index is 12.6. The molecule has 3 N–H and O–H groups in total. The van der Waals surface area contributed by atoms with Crippen LogP contribution in [0.1, 0.15) is 18.0 Å². The Balaban J connectivity index is 2.16. The van der Waals surface area contributed by atoms with Gasteiger partial charge in [-0.3, -0.25) is 5.41 Å². The first kappa shape index (κ1) is 8.99. The lowest BCUT2D eigenvalue weighted by Gasteiger charge is -2.41. The Hall–Kier alpha value is -1.58. The van der Waals surface area contributed by atoms with Crippen LogP contribution < -0.4 is 5.73 Å². The Bertz CT molecular complexity index is 347. The summed E-state index contributed by atoms with van der Waals surface area (Å²) < 4.78 is 12.6. The van der Waals surface area contributed by atoms with Crippen molar-refractivity contribution in [2.75, 3.05) is 6.54 Å². The molecule has 1 aliphatic rings. The maximum Gasteiger partial charge on any atom is 0.188 e. The quantitative estimate of drug-likeness (QED) is 0.524. The molecule has 0 aliphatic carbocycles. The van der Waals surface area contributed by atoms with Crippen molar-refractivity contribution >= 4 is 5.96 Å². The van der Waals surface area contributed by atoms with Gasteiger partial charge in [-0.2, -0.15) is 0 Å². The molecule has 0 radical (unpaired) electrons. The molecule has 0 saturated carbocycles. The number of benzene rings is 1. The van der Waals surface area contributed by atoms with Crippen LogP contribution in [-0.2, 0) is 0 Å². The molecule has 0 spiro atoms. The van der Waals surface area contributed by atoms with Gasteiger partial charge in [0.05, 0.1) is 6.04 Å². The molecule has 1 heterocycles. The molecule has 3 nitrogen and oxygen atoms in total. The fourth-order valence-electron chi connectivity index (χ4n) is 1.71. The summed E-state index contributed by atoms with van der Waals surface area (Å²) in [6, 6.07) is 6.52. The molecule has 14 heavy (non-hydrogen) atoms. The van der Waals surface area contributed by atoms with Crippen LogP contribution >= 0.6 is 0 Å². The lowest BCUT2D eigenvalue weighted by molar-refractivity contribution is 0.183. The fourth-order valence-corrected chi connectivity index (χ4v) is 1.71. The summed E-state index contributed by atoms with van der Waals surface area (Å²) in [5.41, 5.74) is 6.41. The van der Waals surface area contributed by atoms with Crippen LogP contribution in [0.5, 0.6) is 0 Å². The minimum absolute atomic E-state index is 0.0885. The summed E-state index contributed by atoms with van der Waals surface area (Å²) in [5, 5.41) is 7.30. The number of hydrogen-bond acceptors (Lipinski definition) is 1. The smallest absolute Gasteiger partial charge is 0.188 e. The van der Waals surface area contributed by atoms with Crippen molar-refractivity contribution in [3.05, 3.63) is 35.6 Å². The van der Waals surface area contributed by atoms with E-state index in [-0.39, 0.29) is 17.8 Å². The molecule has 1 fully saturated rings. The summed E-state index contributed by atoms with van der Waals surface area (Å²) in [6.07, 6.45) is 0.977. The molecule has 0 bridgehead atoms. The first-order valence-electron chi connectivity index (χ1n) is 4.54. The van der Waals surface area contributed by atoms with E-state index < -0.39 is 0 Å². The highest BCUT2D eigenvalue weighted by Gasteiger charge is 2.29. The molecule has 0 aromatic heterocycles. The molecule has 1 aliphatic heterocycles. The molecule has 1 aromatic rings. The SMILES string of the molecule is N=C(N)N1CCC1c1ccc(F)cc1. The summed E-state index contributed by atoms with van der Waals surface area (Å²) in [7, 11) is 0. The first-order valence-corrected chi connectivity index (χ1v) is 4.54. The summed E-state index contributed by atoms with van der Waals surface area (Å²) in [5.74, 6) is -0.145. The normalized spacial score (nSPS) is 20.4. The number of nitrogens with one attached hydrogen (secondary N) is 1. The van der Waals surface area contributed by atoms with Crippen molar-refractivity contribution in [1.29, 1.82) is 5.41 Å². The van der Waals surface area contributed by atoms with Crippen LogP contribution in [0.4, 0.5) is 4.39 Å². The van der Waals surface area contributed by atoms with Gasteiger partial charge in [0.25, 0.3) is 0 Å². The second-order valence-electron chi connectivity index (χ2n) is 3.43. The largest absolute Gasteiger partial charge is 0.370 e. The van der Waals surface area contributed by atoms with Crippen LogP contribution in [-0.4, -0.2) is 17.4 Å². The van der Waals surface area contributed by atoms with E-state index in [0.29, 0.717) is 0 Å². The van der Waals surface area contributed by atoms with Crippen molar-refractivity contribution in [3.8, 4) is 0 Å². The molecule has 1 saturated heterocycles. The van der Waals surface area contributed by atoms with Gasteiger partial charge in [0, 0.05) is 6.54 Å². The average molecular weight is 193 g/mol.